The molecule has 9 heteroatoms. The molecule has 0 fully saturated rings. The molecule has 29 heavy (non-hydrogen) atoms. The van der Waals surface area contributed by atoms with Crippen LogP contribution in [-0.4, -0.2) is 43.4 Å². The first-order valence-corrected chi connectivity index (χ1v) is 10.4. The lowest BCUT2D eigenvalue weighted by Gasteiger charge is -2.24. The summed E-state index contributed by atoms with van der Waals surface area (Å²) in [5, 5.41) is 21.0. The Morgan fingerprint density at radius 1 is 0.966 bits per heavy atom. The average molecular weight is 421 g/mol. The van der Waals surface area contributed by atoms with E-state index in [4.69, 9.17) is 9.47 Å². The van der Waals surface area contributed by atoms with Crippen LogP contribution in [0.15, 0.2) is 46.6 Å². The number of nitro groups is 1. The van der Waals surface area contributed by atoms with E-state index in [1.807, 2.05) is 39.8 Å². The molecular formula is C20H28N4O4S. The van der Waals surface area contributed by atoms with Gasteiger partial charge in [-0.3, -0.25) is 10.1 Å². The van der Waals surface area contributed by atoms with Crippen LogP contribution in [0.5, 0.6) is 0 Å². The van der Waals surface area contributed by atoms with Gasteiger partial charge in [0, 0.05) is 25.2 Å². The zero-order valence-electron chi connectivity index (χ0n) is 17.3. The van der Waals surface area contributed by atoms with Crippen LogP contribution in [0, 0.1) is 10.1 Å². The molecular weight excluding hydrogens is 392 g/mol. The van der Waals surface area contributed by atoms with Gasteiger partial charge in [0.1, 0.15) is 5.00 Å². The van der Waals surface area contributed by atoms with Gasteiger partial charge in [-0.05, 0) is 52.0 Å². The van der Waals surface area contributed by atoms with Crippen LogP contribution in [0.25, 0.3) is 0 Å². The average Bonchev–Trinajstić information content (AvgIpc) is 3.14. The standard InChI is InChI=1S/C20H28N4O4S/c1-15(2)27-13-11-23(12-14-28-16(3)4)20-10-9-19(29-20)22-21-17-5-7-18(8-6-17)24(25)26/h5-10,15-16H,11-14H2,1-4H3. The molecule has 0 unspecified atom stereocenters. The Kier molecular flexibility index (Phi) is 9.17. The molecule has 0 aliphatic heterocycles. The highest BCUT2D eigenvalue weighted by Crippen LogP contribution is 2.33. The second kappa shape index (κ2) is 11.6. The first-order chi connectivity index (χ1) is 13.8. The van der Waals surface area contributed by atoms with E-state index in [1.54, 1.807) is 12.1 Å². The molecule has 1 aromatic carbocycles. The molecule has 0 N–H and O–H groups in total. The SMILES string of the molecule is CC(C)OCCN(CCOC(C)C)c1ccc(N=Nc2ccc([N+](=O)[O-])cc2)s1. The molecule has 0 aliphatic rings. The fourth-order valence-corrected chi connectivity index (χ4v) is 3.30. The number of azo groups is 1. The van der Waals surface area contributed by atoms with Gasteiger partial charge in [-0.25, -0.2) is 0 Å². The van der Waals surface area contributed by atoms with Crippen molar-refractivity contribution in [3.63, 3.8) is 0 Å². The predicted octanol–water partition coefficient (Wildman–Crippen LogP) is 5.73. The summed E-state index contributed by atoms with van der Waals surface area (Å²) < 4.78 is 11.4. The van der Waals surface area contributed by atoms with Gasteiger partial charge in [0.2, 0.25) is 0 Å². The van der Waals surface area contributed by atoms with E-state index in [1.165, 1.54) is 23.5 Å². The third kappa shape index (κ3) is 8.26. The molecule has 2 rings (SSSR count). The van der Waals surface area contributed by atoms with Crippen molar-refractivity contribution in [2.24, 2.45) is 10.2 Å². The van der Waals surface area contributed by atoms with E-state index in [0.29, 0.717) is 18.9 Å². The van der Waals surface area contributed by atoms with Crippen molar-refractivity contribution in [2.75, 3.05) is 31.2 Å². The molecule has 0 bridgehead atoms. The minimum atomic E-state index is -0.437. The Morgan fingerprint density at radius 3 is 2.07 bits per heavy atom. The summed E-state index contributed by atoms with van der Waals surface area (Å²) in [5.41, 5.74) is 0.600. The van der Waals surface area contributed by atoms with Crippen LogP contribution in [0.4, 0.5) is 21.4 Å². The molecule has 0 amide bonds. The highest BCUT2D eigenvalue weighted by atomic mass is 32.1. The Balaban J connectivity index is 2.02. The fourth-order valence-electron chi connectivity index (χ4n) is 2.42. The van der Waals surface area contributed by atoms with Crippen LogP contribution in [-0.2, 0) is 9.47 Å². The fraction of sp³-hybridized carbons (Fsp3) is 0.500. The molecule has 0 spiro atoms. The zero-order chi connectivity index (χ0) is 21.2. The number of anilines is 1. The second-order valence-corrected chi connectivity index (χ2v) is 7.95. The highest BCUT2D eigenvalue weighted by molar-refractivity contribution is 7.19. The van der Waals surface area contributed by atoms with Crippen molar-refractivity contribution in [1.29, 1.82) is 0 Å². The number of rotatable bonds is 12. The molecule has 0 aliphatic carbocycles. The molecule has 0 radical (unpaired) electrons. The van der Waals surface area contributed by atoms with Crippen molar-refractivity contribution in [3.05, 3.63) is 46.5 Å². The van der Waals surface area contributed by atoms with Crippen molar-refractivity contribution in [1.82, 2.24) is 0 Å². The molecule has 0 atom stereocenters. The number of nitrogens with zero attached hydrogens (tertiary/aromatic N) is 4. The maximum absolute atomic E-state index is 10.7. The van der Waals surface area contributed by atoms with Crippen LogP contribution >= 0.6 is 11.3 Å². The topological polar surface area (TPSA) is 89.6 Å². The Labute approximate surface area is 175 Å². The summed E-state index contributed by atoms with van der Waals surface area (Å²) in [6.45, 7) is 10.9. The normalized spacial score (nSPS) is 11.7. The summed E-state index contributed by atoms with van der Waals surface area (Å²) >= 11 is 1.53. The van der Waals surface area contributed by atoms with Gasteiger partial charge >= 0.3 is 0 Å². The number of ether oxygens (including phenoxy) is 2. The third-order valence-electron chi connectivity index (χ3n) is 3.84. The molecule has 0 saturated carbocycles. The second-order valence-electron chi connectivity index (χ2n) is 6.91. The third-order valence-corrected chi connectivity index (χ3v) is 4.87. The summed E-state index contributed by atoms with van der Waals surface area (Å²) in [6.07, 6.45) is 0.385. The van der Waals surface area contributed by atoms with Crippen molar-refractivity contribution in [2.45, 2.75) is 39.9 Å². The quantitative estimate of drug-likeness (QED) is 0.248. The summed E-state index contributed by atoms with van der Waals surface area (Å²) in [5.74, 6) is 0. The molecule has 158 valence electrons. The lowest BCUT2D eigenvalue weighted by molar-refractivity contribution is -0.384. The minimum absolute atomic E-state index is 0.0326. The first kappa shape index (κ1) is 22.9. The zero-order valence-corrected chi connectivity index (χ0v) is 18.1. The van der Waals surface area contributed by atoms with E-state index in [2.05, 4.69) is 15.1 Å². The van der Waals surface area contributed by atoms with Gasteiger partial charge in [-0.15, -0.1) is 10.2 Å². The van der Waals surface area contributed by atoms with E-state index < -0.39 is 4.92 Å². The monoisotopic (exact) mass is 420 g/mol. The van der Waals surface area contributed by atoms with E-state index in [0.717, 1.165) is 23.1 Å². The van der Waals surface area contributed by atoms with Gasteiger partial charge in [0.15, 0.2) is 0 Å². The lowest BCUT2D eigenvalue weighted by atomic mass is 10.3. The lowest BCUT2D eigenvalue weighted by Crippen LogP contribution is -2.31. The summed E-state index contributed by atoms with van der Waals surface area (Å²) in [4.78, 5) is 12.5. The Hall–Kier alpha value is -2.36. The van der Waals surface area contributed by atoms with E-state index >= 15 is 0 Å². The van der Waals surface area contributed by atoms with E-state index in [9.17, 15) is 10.1 Å². The molecule has 0 saturated heterocycles. The summed E-state index contributed by atoms with van der Waals surface area (Å²) in [7, 11) is 0. The van der Waals surface area contributed by atoms with Crippen LogP contribution in [0.2, 0.25) is 0 Å². The molecule has 1 aromatic heterocycles. The number of thiophene rings is 1. The van der Waals surface area contributed by atoms with Crippen molar-refractivity contribution >= 4 is 32.7 Å². The number of hydrogen-bond donors (Lipinski definition) is 0. The number of benzene rings is 1. The Bertz CT molecular complexity index is 776. The summed E-state index contributed by atoms with van der Waals surface area (Å²) in [6, 6.07) is 9.91. The van der Waals surface area contributed by atoms with Crippen molar-refractivity contribution < 1.29 is 14.4 Å². The van der Waals surface area contributed by atoms with Crippen molar-refractivity contribution in [3.8, 4) is 0 Å². The first-order valence-electron chi connectivity index (χ1n) is 9.59. The smallest absolute Gasteiger partial charge is 0.269 e. The van der Waals surface area contributed by atoms with Gasteiger partial charge in [-0.2, -0.15) is 0 Å². The van der Waals surface area contributed by atoms with Crippen LogP contribution < -0.4 is 4.90 Å². The molecule has 2 aromatic rings. The molecule has 1 heterocycles. The number of nitro benzene ring substituents is 1. The van der Waals surface area contributed by atoms with E-state index in [-0.39, 0.29) is 17.9 Å². The van der Waals surface area contributed by atoms with Crippen LogP contribution in [0.3, 0.4) is 0 Å². The maximum atomic E-state index is 10.7. The largest absolute Gasteiger partial charge is 0.377 e. The number of hydrogen-bond acceptors (Lipinski definition) is 8. The van der Waals surface area contributed by atoms with Crippen LogP contribution in [0.1, 0.15) is 27.7 Å². The maximum Gasteiger partial charge on any atom is 0.269 e. The highest BCUT2D eigenvalue weighted by Gasteiger charge is 2.11. The molecule has 8 nitrogen and oxygen atoms in total. The number of non-ortho nitro benzene ring substituents is 1. The van der Waals surface area contributed by atoms with Gasteiger partial charge in [-0.1, -0.05) is 11.3 Å². The van der Waals surface area contributed by atoms with Gasteiger partial charge in [0.05, 0.1) is 41.0 Å². The van der Waals surface area contributed by atoms with Gasteiger partial charge < -0.3 is 14.4 Å². The Morgan fingerprint density at radius 2 is 1.55 bits per heavy atom. The predicted molar refractivity (Wildman–Crippen MR) is 116 cm³/mol. The van der Waals surface area contributed by atoms with Gasteiger partial charge in [0.25, 0.3) is 5.69 Å². The minimum Gasteiger partial charge on any atom is -0.377 e.